The number of hydrogen-bond donors (Lipinski definition) is 3. The third kappa shape index (κ3) is 9.16. The number of carbonyl (C=O) groups excluding carboxylic acids is 5. The van der Waals surface area contributed by atoms with Crippen LogP contribution in [0.2, 0.25) is 0 Å². The van der Waals surface area contributed by atoms with Gasteiger partial charge in [-0.2, -0.15) is 0 Å². The molecule has 1 aliphatic carbocycles. The van der Waals surface area contributed by atoms with Crippen molar-refractivity contribution in [2.75, 3.05) is 13.1 Å². The first-order chi connectivity index (χ1) is 17.5. The van der Waals surface area contributed by atoms with E-state index in [4.69, 9.17) is 4.74 Å². The Labute approximate surface area is 220 Å². The number of ether oxygens (including phenoxy) is 1. The molecule has 208 valence electrons. The average Bonchev–Trinajstić information content (AvgIpc) is 3.34. The van der Waals surface area contributed by atoms with E-state index in [1.54, 1.807) is 20.8 Å². The van der Waals surface area contributed by atoms with E-state index < -0.39 is 47.4 Å². The van der Waals surface area contributed by atoms with Crippen LogP contribution in [0.25, 0.3) is 0 Å². The molecule has 0 aromatic carbocycles. The second-order valence-electron chi connectivity index (χ2n) is 10.9. The van der Waals surface area contributed by atoms with Crippen molar-refractivity contribution in [2.45, 2.75) is 109 Å². The zero-order chi connectivity index (χ0) is 27.6. The first-order valence-corrected chi connectivity index (χ1v) is 13.5. The maximum Gasteiger partial charge on any atom is 0.408 e. The van der Waals surface area contributed by atoms with Gasteiger partial charge in [-0.3, -0.25) is 19.2 Å². The van der Waals surface area contributed by atoms with Gasteiger partial charge in [-0.05, 0) is 58.8 Å². The lowest BCUT2D eigenvalue weighted by Crippen LogP contribution is -2.58. The average molecular weight is 521 g/mol. The van der Waals surface area contributed by atoms with Crippen LogP contribution in [-0.4, -0.2) is 71.3 Å². The van der Waals surface area contributed by atoms with E-state index in [2.05, 4.69) is 22.5 Å². The second-order valence-corrected chi connectivity index (χ2v) is 10.9. The molecule has 0 aromatic rings. The number of amides is 4. The van der Waals surface area contributed by atoms with E-state index in [0.717, 1.165) is 32.1 Å². The van der Waals surface area contributed by atoms with Gasteiger partial charge in [0.25, 0.3) is 5.91 Å². The first-order valence-electron chi connectivity index (χ1n) is 13.5. The second kappa shape index (κ2) is 14.1. The lowest BCUT2D eigenvalue weighted by atomic mass is 9.83. The van der Waals surface area contributed by atoms with Crippen molar-refractivity contribution >= 4 is 29.6 Å². The van der Waals surface area contributed by atoms with Gasteiger partial charge < -0.3 is 25.6 Å². The van der Waals surface area contributed by atoms with E-state index in [-0.39, 0.29) is 18.4 Å². The summed E-state index contributed by atoms with van der Waals surface area (Å²) in [6.07, 6.45) is 7.42. The number of nitrogens with one attached hydrogen (secondary N) is 3. The number of alkyl carbamates (subject to hydrolysis) is 1. The van der Waals surface area contributed by atoms with E-state index >= 15 is 0 Å². The highest BCUT2D eigenvalue weighted by Gasteiger charge is 2.42. The lowest BCUT2D eigenvalue weighted by molar-refractivity contribution is -0.143. The fourth-order valence-corrected chi connectivity index (χ4v) is 5.00. The quantitative estimate of drug-likeness (QED) is 0.283. The number of rotatable bonds is 11. The van der Waals surface area contributed by atoms with Gasteiger partial charge in [0.15, 0.2) is 0 Å². The molecule has 2 fully saturated rings. The van der Waals surface area contributed by atoms with Gasteiger partial charge in [-0.25, -0.2) is 4.79 Å². The highest BCUT2D eigenvalue weighted by atomic mass is 16.6. The standard InChI is InChI=1S/C27H44N4O6/c1-6-12-19(22(32)24(34)28-16-7-2)29-23(33)20-15-11-17-31(20)25(35)21(18-13-9-8-10-14-18)30-26(36)37-27(3,4)5/h7,18-21H,2,6,8-17H2,1,3-5H3,(H,28,34)(H,29,33)(H,30,36)/t19?,20-,21-/m0/s1. The largest absolute Gasteiger partial charge is 0.444 e. The van der Waals surface area contributed by atoms with Gasteiger partial charge in [-0.1, -0.05) is 38.7 Å². The van der Waals surface area contributed by atoms with Gasteiger partial charge in [0, 0.05) is 13.1 Å². The molecule has 1 saturated carbocycles. The number of carbonyl (C=O) groups is 5. The molecule has 3 atom stereocenters. The molecule has 4 amide bonds. The Morgan fingerprint density at radius 2 is 1.70 bits per heavy atom. The van der Waals surface area contributed by atoms with Gasteiger partial charge >= 0.3 is 6.09 Å². The van der Waals surface area contributed by atoms with Crippen molar-refractivity contribution in [3.8, 4) is 0 Å². The first kappa shape index (κ1) is 30.3. The Balaban J connectivity index is 2.17. The molecule has 0 spiro atoms. The third-order valence-corrected chi connectivity index (χ3v) is 6.74. The van der Waals surface area contributed by atoms with Gasteiger partial charge in [0.2, 0.25) is 17.6 Å². The zero-order valence-corrected chi connectivity index (χ0v) is 22.8. The monoisotopic (exact) mass is 520 g/mol. The van der Waals surface area contributed by atoms with Crippen molar-refractivity contribution < 1.29 is 28.7 Å². The highest BCUT2D eigenvalue weighted by molar-refractivity contribution is 6.38. The lowest BCUT2D eigenvalue weighted by Gasteiger charge is -2.35. The van der Waals surface area contributed by atoms with E-state index in [1.165, 1.54) is 11.0 Å². The molecule has 1 heterocycles. The van der Waals surface area contributed by atoms with Crippen molar-refractivity contribution in [2.24, 2.45) is 5.92 Å². The fourth-order valence-electron chi connectivity index (χ4n) is 5.00. The van der Waals surface area contributed by atoms with Crippen LogP contribution in [-0.2, 0) is 23.9 Å². The van der Waals surface area contributed by atoms with Crippen LogP contribution in [0.15, 0.2) is 12.7 Å². The molecule has 1 saturated heterocycles. The van der Waals surface area contributed by atoms with Gasteiger partial charge in [-0.15, -0.1) is 6.58 Å². The topological polar surface area (TPSA) is 134 Å². The summed E-state index contributed by atoms with van der Waals surface area (Å²) in [5.41, 5.74) is -0.709. The minimum Gasteiger partial charge on any atom is -0.444 e. The smallest absolute Gasteiger partial charge is 0.408 e. The van der Waals surface area contributed by atoms with Crippen LogP contribution in [0.3, 0.4) is 0 Å². The number of nitrogens with zero attached hydrogens (tertiary/aromatic N) is 1. The summed E-state index contributed by atoms with van der Waals surface area (Å²) in [5, 5.41) is 7.96. The van der Waals surface area contributed by atoms with Crippen molar-refractivity contribution in [1.82, 2.24) is 20.9 Å². The number of likely N-dealkylation sites (tertiary alicyclic amines) is 1. The van der Waals surface area contributed by atoms with Crippen molar-refractivity contribution in [1.29, 1.82) is 0 Å². The van der Waals surface area contributed by atoms with E-state index in [9.17, 15) is 24.0 Å². The molecule has 3 N–H and O–H groups in total. The summed E-state index contributed by atoms with van der Waals surface area (Å²) in [7, 11) is 0. The van der Waals surface area contributed by atoms with Crippen molar-refractivity contribution in [3.05, 3.63) is 12.7 Å². The summed E-state index contributed by atoms with van der Waals surface area (Å²) in [5.74, 6) is -2.32. The molecular formula is C27H44N4O6. The Bertz CT molecular complexity index is 846. The number of hydrogen-bond acceptors (Lipinski definition) is 6. The third-order valence-electron chi connectivity index (χ3n) is 6.74. The molecular weight excluding hydrogens is 476 g/mol. The van der Waals surface area contributed by atoms with Gasteiger partial charge in [0.1, 0.15) is 17.7 Å². The van der Waals surface area contributed by atoms with E-state index in [0.29, 0.717) is 32.2 Å². The Morgan fingerprint density at radius 3 is 2.30 bits per heavy atom. The molecule has 2 rings (SSSR count). The predicted molar refractivity (Wildman–Crippen MR) is 140 cm³/mol. The Kier molecular flexibility index (Phi) is 11.6. The van der Waals surface area contributed by atoms with Crippen LogP contribution < -0.4 is 16.0 Å². The van der Waals surface area contributed by atoms with Crippen LogP contribution in [0, 0.1) is 5.92 Å². The van der Waals surface area contributed by atoms with Crippen LogP contribution in [0.4, 0.5) is 4.79 Å². The fraction of sp³-hybridized carbons (Fsp3) is 0.741. The normalized spacial score (nSPS) is 19.9. The van der Waals surface area contributed by atoms with Crippen LogP contribution in [0.1, 0.15) is 85.5 Å². The number of ketones is 1. The van der Waals surface area contributed by atoms with Gasteiger partial charge in [0.05, 0.1) is 6.04 Å². The molecule has 0 radical (unpaired) electrons. The summed E-state index contributed by atoms with van der Waals surface area (Å²) < 4.78 is 5.42. The molecule has 0 bridgehead atoms. The molecule has 1 unspecified atom stereocenters. The zero-order valence-electron chi connectivity index (χ0n) is 22.8. The maximum atomic E-state index is 13.8. The maximum absolute atomic E-state index is 13.8. The molecule has 10 nitrogen and oxygen atoms in total. The summed E-state index contributed by atoms with van der Waals surface area (Å²) >= 11 is 0. The summed E-state index contributed by atoms with van der Waals surface area (Å²) in [6.45, 7) is 11.2. The highest BCUT2D eigenvalue weighted by Crippen LogP contribution is 2.29. The van der Waals surface area contributed by atoms with E-state index in [1.807, 2.05) is 6.92 Å². The van der Waals surface area contributed by atoms with Crippen LogP contribution >= 0.6 is 0 Å². The Hall–Kier alpha value is -2.91. The number of Topliss-reactive ketones (excluding diaryl/α,β-unsaturated/α-hetero) is 1. The molecule has 10 heteroatoms. The SMILES string of the molecule is C=CCNC(=O)C(=O)C(CCC)NC(=O)[C@@H]1CCCN1C(=O)[C@@H](NC(=O)OC(C)(C)C)C1CCCCC1. The minimum absolute atomic E-state index is 0.0407. The van der Waals surface area contributed by atoms with Crippen LogP contribution in [0.5, 0.6) is 0 Å². The predicted octanol–water partition coefficient (Wildman–Crippen LogP) is 2.61. The minimum atomic E-state index is -0.978. The molecule has 0 aromatic heterocycles. The summed E-state index contributed by atoms with van der Waals surface area (Å²) in [6, 6.07) is -2.54. The molecule has 37 heavy (non-hydrogen) atoms. The Morgan fingerprint density at radius 1 is 1.03 bits per heavy atom. The molecule has 2 aliphatic rings. The molecule has 1 aliphatic heterocycles. The summed E-state index contributed by atoms with van der Waals surface area (Å²) in [4.78, 5) is 66.0. The van der Waals surface area contributed by atoms with Crippen molar-refractivity contribution in [3.63, 3.8) is 0 Å².